The number of pyridine rings is 1. The normalized spacial score (nSPS) is 17.2. The molecule has 0 aliphatic carbocycles. The van der Waals surface area contributed by atoms with Crippen LogP contribution in [-0.4, -0.2) is 18.1 Å². The van der Waals surface area contributed by atoms with Gasteiger partial charge in [0.05, 0.1) is 0 Å². The van der Waals surface area contributed by atoms with Crippen LogP contribution in [0.3, 0.4) is 0 Å². The molecular formula is C13H21N3. The maximum Gasteiger partial charge on any atom is 0.128 e. The summed E-state index contributed by atoms with van der Waals surface area (Å²) < 4.78 is 0. The first-order valence-electron chi connectivity index (χ1n) is 6.22. The minimum atomic E-state index is 0.582. The third-order valence-corrected chi connectivity index (χ3v) is 3.35. The van der Waals surface area contributed by atoms with Gasteiger partial charge in [-0.15, -0.1) is 0 Å². The van der Waals surface area contributed by atoms with E-state index in [-0.39, 0.29) is 0 Å². The van der Waals surface area contributed by atoms with Crippen LogP contribution in [0.4, 0.5) is 5.82 Å². The SMILES string of the molecule is Cc1cc(N2CCCCCC2)ncc1CN. The summed E-state index contributed by atoms with van der Waals surface area (Å²) in [4.78, 5) is 6.92. The molecule has 0 spiro atoms. The molecule has 2 rings (SSSR count). The number of hydrogen-bond donors (Lipinski definition) is 1. The number of aromatic nitrogens is 1. The molecule has 1 aromatic heterocycles. The van der Waals surface area contributed by atoms with Gasteiger partial charge in [-0.2, -0.15) is 0 Å². The van der Waals surface area contributed by atoms with E-state index in [1.54, 1.807) is 0 Å². The van der Waals surface area contributed by atoms with Crippen molar-refractivity contribution in [3.05, 3.63) is 23.4 Å². The van der Waals surface area contributed by atoms with Gasteiger partial charge in [0.1, 0.15) is 5.82 Å². The first kappa shape index (κ1) is 11.4. The highest BCUT2D eigenvalue weighted by atomic mass is 15.2. The molecule has 2 heterocycles. The minimum absolute atomic E-state index is 0.582. The van der Waals surface area contributed by atoms with Crippen molar-refractivity contribution >= 4 is 5.82 Å². The standard InChI is InChI=1S/C13H21N3/c1-11-8-13(15-10-12(11)9-14)16-6-4-2-3-5-7-16/h8,10H,2-7,9,14H2,1H3. The molecular weight excluding hydrogens is 198 g/mol. The van der Waals surface area contributed by atoms with E-state index in [9.17, 15) is 0 Å². The molecule has 1 aliphatic heterocycles. The van der Waals surface area contributed by atoms with Gasteiger partial charge in [-0.3, -0.25) is 0 Å². The Balaban J connectivity index is 2.16. The number of hydrogen-bond acceptors (Lipinski definition) is 3. The topological polar surface area (TPSA) is 42.2 Å². The second kappa shape index (κ2) is 5.30. The Morgan fingerprint density at radius 2 is 1.94 bits per heavy atom. The summed E-state index contributed by atoms with van der Waals surface area (Å²) >= 11 is 0. The van der Waals surface area contributed by atoms with Gasteiger partial charge in [0, 0.05) is 25.8 Å². The zero-order valence-corrected chi connectivity index (χ0v) is 10.1. The van der Waals surface area contributed by atoms with Crippen LogP contribution in [-0.2, 0) is 6.54 Å². The van der Waals surface area contributed by atoms with Crippen molar-refractivity contribution in [1.29, 1.82) is 0 Å². The fraction of sp³-hybridized carbons (Fsp3) is 0.615. The van der Waals surface area contributed by atoms with Crippen LogP contribution in [0.25, 0.3) is 0 Å². The Morgan fingerprint density at radius 1 is 1.25 bits per heavy atom. The predicted molar refractivity (Wildman–Crippen MR) is 67.5 cm³/mol. The molecule has 0 radical (unpaired) electrons. The fourth-order valence-electron chi connectivity index (χ4n) is 2.26. The molecule has 88 valence electrons. The van der Waals surface area contributed by atoms with Crippen LogP contribution in [0.5, 0.6) is 0 Å². The molecule has 1 aromatic rings. The maximum absolute atomic E-state index is 5.65. The quantitative estimate of drug-likeness (QED) is 0.829. The highest BCUT2D eigenvalue weighted by molar-refractivity contribution is 5.43. The molecule has 2 N–H and O–H groups in total. The van der Waals surface area contributed by atoms with E-state index in [1.807, 2.05) is 6.20 Å². The van der Waals surface area contributed by atoms with E-state index in [2.05, 4.69) is 22.9 Å². The number of nitrogens with zero attached hydrogens (tertiary/aromatic N) is 2. The van der Waals surface area contributed by atoms with Crippen LogP contribution in [0, 0.1) is 6.92 Å². The maximum atomic E-state index is 5.65. The van der Waals surface area contributed by atoms with Crippen LogP contribution in [0.15, 0.2) is 12.3 Å². The Morgan fingerprint density at radius 3 is 2.50 bits per heavy atom. The van der Waals surface area contributed by atoms with E-state index in [0.717, 1.165) is 24.5 Å². The van der Waals surface area contributed by atoms with Crippen molar-refractivity contribution in [3.8, 4) is 0 Å². The fourth-order valence-corrected chi connectivity index (χ4v) is 2.26. The molecule has 0 saturated carbocycles. The highest BCUT2D eigenvalue weighted by Gasteiger charge is 2.11. The molecule has 0 atom stereocenters. The van der Waals surface area contributed by atoms with Gasteiger partial charge in [-0.05, 0) is 37.0 Å². The predicted octanol–water partition coefficient (Wildman–Crippen LogP) is 2.23. The van der Waals surface area contributed by atoms with E-state index in [4.69, 9.17) is 5.73 Å². The number of anilines is 1. The lowest BCUT2D eigenvalue weighted by Crippen LogP contribution is -2.25. The summed E-state index contributed by atoms with van der Waals surface area (Å²) in [6.07, 6.45) is 7.22. The van der Waals surface area contributed by atoms with Gasteiger partial charge in [-0.25, -0.2) is 4.98 Å². The summed E-state index contributed by atoms with van der Waals surface area (Å²) in [5, 5.41) is 0. The van der Waals surface area contributed by atoms with Gasteiger partial charge in [0.2, 0.25) is 0 Å². The van der Waals surface area contributed by atoms with Gasteiger partial charge >= 0.3 is 0 Å². The molecule has 1 aliphatic rings. The molecule has 3 nitrogen and oxygen atoms in total. The second-order valence-electron chi connectivity index (χ2n) is 4.57. The zero-order valence-electron chi connectivity index (χ0n) is 10.1. The summed E-state index contributed by atoms with van der Waals surface area (Å²) in [5.74, 6) is 1.12. The smallest absolute Gasteiger partial charge is 0.128 e. The zero-order chi connectivity index (χ0) is 11.4. The molecule has 0 amide bonds. The summed E-state index contributed by atoms with van der Waals surface area (Å²) in [6.45, 7) is 4.99. The monoisotopic (exact) mass is 219 g/mol. The van der Waals surface area contributed by atoms with E-state index in [0.29, 0.717) is 6.54 Å². The van der Waals surface area contributed by atoms with Crippen LogP contribution in [0.1, 0.15) is 36.8 Å². The third kappa shape index (κ3) is 2.53. The summed E-state index contributed by atoms with van der Waals surface area (Å²) in [6, 6.07) is 2.17. The Hall–Kier alpha value is -1.09. The first-order valence-corrected chi connectivity index (χ1v) is 6.22. The molecule has 0 unspecified atom stereocenters. The lowest BCUT2D eigenvalue weighted by molar-refractivity contribution is 0.726. The van der Waals surface area contributed by atoms with Gasteiger partial charge < -0.3 is 10.6 Å². The summed E-state index contributed by atoms with van der Waals surface area (Å²) in [5.41, 5.74) is 8.06. The third-order valence-electron chi connectivity index (χ3n) is 3.35. The molecule has 0 bridgehead atoms. The van der Waals surface area contributed by atoms with Crippen molar-refractivity contribution in [2.75, 3.05) is 18.0 Å². The largest absolute Gasteiger partial charge is 0.357 e. The van der Waals surface area contributed by atoms with Crippen molar-refractivity contribution < 1.29 is 0 Å². The Kier molecular flexibility index (Phi) is 3.78. The van der Waals surface area contributed by atoms with Crippen molar-refractivity contribution in [2.24, 2.45) is 5.73 Å². The summed E-state index contributed by atoms with van der Waals surface area (Å²) in [7, 11) is 0. The number of aryl methyl sites for hydroxylation is 1. The van der Waals surface area contributed by atoms with Gasteiger partial charge in [0.25, 0.3) is 0 Å². The first-order chi connectivity index (χ1) is 7.81. The molecule has 1 fully saturated rings. The van der Waals surface area contributed by atoms with E-state index >= 15 is 0 Å². The molecule has 16 heavy (non-hydrogen) atoms. The molecule has 0 aromatic carbocycles. The second-order valence-corrected chi connectivity index (χ2v) is 4.57. The number of nitrogens with two attached hydrogens (primary N) is 1. The average molecular weight is 219 g/mol. The average Bonchev–Trinajstić information content (AvgIpc) is 2.57. The van der Waals surface area contributed by atoms with E-state index in [1.165, 1.54) is 31.2 Å². The van der Waals surface area contributed by atoms with Crippen LogP contribution >= 0.6 is 0 Å². The molecule has 3 heteroatoms. The Labute approximate surface area is 97.7 Å². The van der Waals surface area contributed by atoms with Gasteiger partial charge in [0.15, 0.2) is 0 Å². The highest BCUT2D eigenvalue weighted by Crippen LogP contribution is 2.19. The van der Waals surface area contributed by atoms with Crippen LogP contribution in [0.2, 0.25) is 0 Å². The van der Waals surface area contributed by atoms with Crippen molar-refractivity contribution in [1.82, 2.24) is 4.98 Å². The van der Waals surface area contributed by atoms with Crippen LogP contribution < -0.4 is 10.6 Å². The van der Waals surface area contributed by atoms with Crippen molar-refractivity contribution in [2.45, 2.75) is 39.2 Å². The lowest BCUT2D eigenvalue weighted by Gasteiger charge is -2.22. The van der Waals surface area contributed by atoms with Gasteiger partial charge in [-0.1, -0.05) is 12.8 Å². The van der Waals surface area contributed by atoms with E-state index < -0.39 is 0 Å². The lowest BCUT2D eigenvalue weighted by atomic mass is 10.1. The molecule has 1 saturated heterocycles. The van der Waals surface area contributed by atoms with Crippen molar-refractivity contribution in [3.63, 3.8) is 0 Å². The number of rotatable bonds is 2. The minimum Gasteiger partial charge on any atom is -0.357 e. The Bertz CT molecular complexity index is 341.